The normalized spacial score (nSPS) is 25.1. The van der Waals surface area contributed by atoms with Crippen LogP contribution in [0.15, 0.2) is 12.3 Å². The van der Waals surface area contributed by atoms with Crippen LogP contribution in [-0.4, -0.2) is 17.6 Å². The maximum absolute atomic E-state index is 6.29. The standard InChI is InChI=1S/C13H18Cl2N2/c1-9-4-3-5-17(10(9)2)13-12(15)6-11(7-14)8-16-13/h6,8-10H,3-5,7H2,1-2H3. The third-order valence-electron chi connectivity index (χ3n) is 3.68. The summed E-state index contributed by atoms with van der Waals surface area (Å²) in [5.74, 6) is 2.05. The van der Waals surface area contributed by atoms with Gasteiger partial charge >= 0.3 is 0 Å². The van der Waals surface area contributed by atoms with Gasteiger partial charge in [0.05, 0.1) is 5.02 Å². The van der Waals surface area contributed by atoms with Crippen molar-refractivity contribution < 1.29 is 0 Å². The molecule has 1 aliphatic heterocycles. The zero-order chi connectivity index (χ0) is 12.4. The first-order chi connectivity index (χ1) is 8.13. The van der Waals surface area contributed by atoms with Crippen LogP contribution in [0.3, 0.4) is 0 Å². The Balaban J connectivity index is 2.27. The fourth-order valence-electron chi connectivity index (χ4n) is 2.39. The number of alkyl halides is 1. The number of halogens is 2. The van der Waals surface area contributed by atoms with Crippen molar-refractivity contribution in [2.75, 3.05) is 11.4 Å². The van der Waals surface area contributed by atoms with E-state index < -0.39 is 0 Å². The Hall–Kier alpha value is -0.470. The van der Waals surface area contributed by atoms with Gasteiger partial charge in [-0.05, 0) is 37.3 Å². The molecule has 4 heteroatoms. The van der Waals surface area contributed by atoms with Crippen molar-refractivity contribution in [3.63, 3.8) is 0 Å². The molecule has 2 nitrogen and oxygen atoms in total. The summed E-state index contributed by atoms with van der Waals surface area (Å²) in [6.07, 6.45) is 4.32. The van der Waals surface area contributed by atoms with Crippen molar-refractivity contribution in [1.29, 1.82) is 0 Å². The quantitative estimate of drug-likeness (QED) is 0.754. The van der Waals surface area contributed by atoms with Crippen LogP contribution in [0.5, 0.6) is 0 Å². The Morgan fingerprint density at radius 3 is 2.88 bits per heavy atom. The number of rotatable bonds is 2. The number of aromatic nitrogens is 1. The molecule has 0 bridgehead atoms. The second kappa shape index (κ2) is 5.45. The maximum Gasteiger partial charge on any atom is 0.147 e. The number of nitrogens with zero attached hydrogens (tertiary/aromatic N) is 2. The third-order valence-corrected chi connectivity index (χ3v) is 4.27. The summed E-state index contributed by atoms with van der Waals surface area (Å²) in [5, 5.41) is 0.712. The van der Waals surface area contributed by atoms with Gasteiger partial charge in [0.15, 0.2) is 0 Å². The van der Waals surface area contributed by atoms with Crippen molar-refractivity contribution in [3.8, 4) is 0 Å². The number of hydrogen-bond acceptors (Lipinski definition) is 2. The zero-order valence-corrected chi connectivity index (χ0v) is 11.8. The molecule has 94 valence electrons. The van der Waals surface area contributed by atoms with E-state index in [0.717, 1.165) is 17.9 Å². The average Bonchev–Trinajstić information content (AvgIpc) is 2.33. The molecule has 1 saturated heterocycles. The van der Waals surface area contributed by atoms with E-state index >= 15 is 0 Å². The molecule has 0 N–H and O–H groups in total. The fourth-order valence-corrected chi connectivity index (χ4v) is 2.83. The lowest BCUT2D eigenvalue weighted by atomic mass is 9.92. The molecular formula is C13H18Cl2N2. The molecule has 0 saturated carbocycles. The number of anilines is 1. The molecule has 2 heterocycles. The minimum Gasteiger partial charge on any atom is -0.352 e. The number of hydrogen-bond donors (Lipinski definition) is 0. The predicted molar refractivity (Wildman–Crippen MR) is 74.0 cm³/mol. The molecule has 0 radical (unpaired) electrons. The fraction of sp³-hybridized carbons (Fsp3) is 0.615. The van der Waals surface area contributed by atoms with Crippen LogP contribution < -0.4 is 4.90 Å². The molecule has 1 fully saturated rings. The summed E-state index contributed by atoms with van der Waals surface area (Å²) in [6, 6.07) is 2.42. The molecule has 1 aromatic heterocycles. The first kappa shape index (κ1) is 13.0. The van der Waals surface area contributed by atoms with Crippen LogP contribution in [0, 0.1) is 5.92 Å². The molecule has 2 rings (SSSR count). The number of piperidine rings is 1. The van der Waals surface area contributed by atoms with E-state index in [0.29, 0.717) is 22.9 Å². The molecule has 0 spiro atoms. The Morgan fingerprint density at radius 2 is 2.24 bits per heavy atom. The van der Waals surface area contributed by atoms with Gasteiger partial charge in [0.25, 0.3) is 0 Å². The smallest absolute Gasteiger partial charge is 0.147 e. The average molecular weight is 273 g/mol. The molecule has 1 aromatic rings. The number of pyridine rings is 1. The molecule has 0 aliphatic carbocycles. The Kier molecular flexibility index (Phi) is 4.16. The highest BCUT2D eigenvalue weighted by atomic mass is 35.5. The monoisotopic (exact) mass is 272 g/mol. The van der Waals surface area contributed by atoms with E-state index in [2.05, 4.69) is 23.7 Å². The zero-order valence-electron chi connectivity index (χ0n) is 10.3. The van der Waals surface area contributed by atoms with E-state index in [1.807, 2.05) is 12.3 Å². The maximum atomic E-state index is 6.29. The van der Waals surface area contributed by atoms with Crippen molar-refractivity contribution in [3.05, 3.63) is 22.8 Å². The van der Waals surface area contributed by atoms with Gasteiger partial charge in [0, 0.05) is 24.7 Å². The van der Waals surface area contributed by atoms with Crippen LogP contribution in [0.2, 0.25) is 5.02 Å². The van der Waals surface area contributed by atoms with Gasteiger partial charge in [-0.2, -0.15) is 0 Å². The van der Waals surface area contributed by atoms with E-state index in [1.54, 1.807) is 0 Å². The second-order valence-electron chi connectivity index (χ2n) is 4.84. The summed E-state index contributed by atoms with van der Waals surface area (Å²) in [6.45, 7) is 5.58. The molecule has 17 heavy (non-hydrogen) atoms. The van der Waals surface area contributed by atoms with Crippen molar-refractivity contribution in [2.24, 2.45) is 5.92 Å². The van der Waals surface area contributed by atoms with E-state index in [9.17, 15) is 0 Å². The third kappa shape index (κ3) is 2.69. The van der Waals surface area contributed by atoms with Crippen molar-refractivity contribution in [1.82, 2.24) is 4.98 Å². The van der Waals surface area contributed by atoms with Gasteiger partial charge in [0.1, 0.15) is 5.82 Å². The van der Waals surface area contributed by atoms with Gasteiger partial charge in [-0.15, -0.1) is 11.6 Å². The Bertz CT molecular complexity index is 395. The van der Waals surface area contributed by atoms with Crippen LogP contribution in [0.25, 0.3) is 0 Å². The molecule has 0 amide bonds. The van der Waals surface area contributed by atoms with Crippen LogP contribution in [0.1, 0.15) is 32.3 Å². The Labute approximate surface area is 113 Å². The summed E-state index contributed by atoms with van der Waals surface area (Å²) in [4.78, 5) is 6.78. The Morgan fingerprint density at radius 1 is 1.47 bits per heavy atom. The minimum absolute atomic E-state index is 0.457. The molecule has 0 aromatic carbocycles. The highest BCUT2D eigenvalue weighted by molar-refractivity contribution is 6.33. The van der Waals surface area contributed by atoms with Crippen LogP contribution >= 0.6 is 23.2 Å². The SMILES string of the molecule is CC1CCCN(c2ncc(CCl)cc2Cl)C1C. The van der Waals surface area contributed by atoms with Gasteiger partial charge in [-0.25, -0.2) is 4.98 Å². The van der Waals surface area contributed by atoms with Crippen molar-refractivity contribution in [2.45, 2.75) is 38.6 Å². The van der Waals surface area contributed by atoms with Crippen LogP contribution in [-0.2, 0) is 5.88 Å². The summed E-state index contributed by atoms with van der Waals surface area (Å²) in [7, 11) is 0. The summed E-state index contributed by atoms with van der Waals surface area (Å²) < 4.78 is 0. The van der Waals surface area contributed by atoms with Gasteiger partial charge in [-0.1, -0.05) is 18.5 Å². The largest absolute Gasteiger partial charge is 0.352 e. The van der Waals surface area contributed by atoms with Gasteiger partial charge in [-0.3, -0.25) is 0 Å². The summed E-state index contributed by atoms with van der Waals surface area (Å²) >= 11 is 12.1. The lowest BCUT2D eigenvalue weighted by Crippen LogP contribution is -2.43. The minimum atomic E-state index is 0.457. The highest BCUT2D eigenvalue weighted by Crippen LogP contribution is 2.32. The van der Waals surface area contributed by atoms with Gasteiger partial charge < -0.3 is 4.90 Å². The molecular weight excluding hydrogens is 255 g/mol. The molecule has 1 aliphatic rings. The predicted octanol–water partition coefficient (Wildman–Crippen LogP) is 4.10. The highest BCUT2D eigenvalue weighted by Gasteiger charge is 2.26. The topological polar surface area (TPSA) is 16.1 Å². The first-order valence-corrected chi connectivity index (χ1v) is 7.01. The van der Waals surface area contributed by atoms with E-state index in [-0.39, 0.29) is 0 Å². The van der Waals surface area contributed by atoms with E-state index in [4.69, 9.17) is 23.2 Å². The second-order valence-corrected chi connectivity index (χ2v) is 5.51. The molecule has 2 unspecified atom stereocenters. The van der Waals surface area contributed by atoms with Crippen LogP contribution in [0.4, 0.5) is 5.82 Å². The summed E-state index contributed by atoms with van der Waals surface area (Å²) in [5.41, 5.74) is 0.970. The lowest BCUT2D eigenvalue weighted by Gasteiger charge is -2.39. The van der Waals surface area contributed by atoms with Gasteiger partial charge in [0.2, 0.25) is 0 Å². The van der Waals surface area contributed by atoms with Crippen molar-refractivity contribution >= 4 is 29.0 Å². The molecule has 2 atom stereocenters. The first-order valence-electron chi connectivity index (χ1n) is 6.10. The lowest BCUT2D eigenvalue weighted by molar-refractivity contribution is 0.361. The van der Waals surface area contributed by atoms with E-state index in [1.165, 1.54) is 12.8 Å².